The van der Waals surface area contributed by atoms with Gasteiger partial charge < -0.3 is 24.7 Å². The summed E-state index contributed by atoms with van der Waals surface area (Å²) < 4.78 is 66.7. The van der Waals surface area contributed by atoms with Gasteiger partial charge in [0.05, 0.1) is 0 Å². The van der Waals surface area contributed by atoms with Gasteiger partial charge in [0.1, 0.15) is 5.78 Å². The number of halogens is 4. The molecule has 0 bridgehead atoms. The van der Waals surface area contributed by atoms with E-state index in [-0.39, 0.29) is 35.2 Å². The molecule has 4 rings (SSSR count). The highest BCUT2D eigenvalue weighted by Crippen LogP contribution is 2.42. The summed E-state index contributed by atoms with van der Waals surface area (Å²) in [5.74, 6) is -0.0964. The van der Waals surface area contributed by atoms with Gasteiger partial charge in [-0.05, 0) is 36.8 Å². The first-order chi connectivity index (χ1) is 12.5. The first-order valence-corrected chi connectivity index (χ1v) is 7.56. The summed E-state index contributed by atoms with van der Waals surface area (Å²) in [7, 11) is 0. The molecular weight excluding hydrogens is 374 g/mol. The monoisotopic (exact) mass is 387 g/mol. The van der Waals surface area contributed by atoms with Crippen molar-refractivity contribution < 1.29 is 41.3 Å². The molecule has 0 aromatic heterocycles. The Morgan fingerprint density at radius 1 is 0.852 bits per heavy atom. The lowest BCUT2D eigenvalue weighted by molar-refractivity contribution is -0.287. The second kappa shape index (κ2) is 6.53. The molecule has 144 valence electrons. The summed E-state index contributed by atoms with van der Waals surface area (Å²) in [5.41, 5.74) is 6.32. The van der Waals surface area contributed by atoms with Crippen molar-refractivity contribution in [2.45, 2.75) is 25.9 Å². The number of nitrogens with two attached hydrogens (primary N) is 1. The molecule has 0 saturated heterocycles. The van der Waals surface area contributed by atoms with E-state index in [1.54, 1.807) is 6.07 Å². The molecule has 6 nitrogen and oxygen atoms in total. The molecule has 27 heavy (non-hydrogen) atoms. The van der Waals surface area contributed by atoms with E-state index in [9.17, 15) is 22.4 Å². The van der Waals surface area contributed by atoms with Crippen molar-refractivity contribution in [3.8, 4) is 23.0 Å². The van der Waals surface area contributed by atoms with Crippen molar-refractivity contribution in [1.29, 1.82) is 0 Å². The van der Waals surface area contributed by atoms with Crippen molar-refractivity contribution in [3.63, 3.8) is 0 Å². The van der Waals surface area contributed by atoms with Crippen molar-refractivity contribution >= 4 is 11.5 Å². The third-order valence-corrected chi connectivity index (χ3v) is 3.34. The van der Waals surface area contributed by atoms with Crippen molar-refractivity contribution in [2.24, 2.45) is 0 Å². The fraction of sp³-hybridized carbons (Fsp3) is 0.235. The van der Waals surface area contributed by atoms with E-state index in [1.807, 2.05) is 0 Å². The predicted octanol–water partition coefficient (Wildman–Crippen LogP) is 3.73. The van der Waals surface area contributed by atoms with Crippen LogP contribution in [-0.4, -0.2) is 18.4 Å². The number of Topliss-reactive ketones (excluding diaryl/α,β-unsaturated/α-hetero) is 1. The quantitative estimate of drug-likeness (QED) is 0.625. The first kappa shape index (κ1) is 18.6. The number of nitrogen functional groups attached to an aromatic ring is 1. The summed E-state index contributed by atoms with van der Waals surface area (Å²) in [6.07, 6.45) is -6.96. The molecule has 0 unspecified atom stereocenters. The number of hydrogen-bond acceptors (Lipinski definition) is 6. The number of ether oxygens (including phenoxy) is 4. The zero-order valence-corrected chi connectivity index (χ0v) is 13.8. The highest BCUT2D eigenvalue weighted by atomic mass is 19.3. The maximum absolute atomic E-state index is 12.6. The van der Waals surface area contributed by atoms with Gasteiger partial charge in [-0.3, -0.25) is 4.79 Å². The molecule has 2 heterocycles. The lowest BCUT2D eigenvalue weighted by atomic mass is 10.1. The third kappa shape index (κ3) is 4.52. The van der Waals surface area contributed by atoms with E-state index in [1.165, 1.54) is 37.3 Å². The molecule has 2 N–H and O–H groups in total. The van der Waals surface area contributed by atoms with Crippen LogP contribution in [0.15, 0.2) is 36.4 Å². The SMILES string of the molecule is CC(=O)Cc1ccc2c(c1)OC(F)(F)O2.Nc1ccc2c(c1)OC(F)(F)O2. The van der Waals surface area contributed by atoms with E-state index in [2.05, 4.69) is 18.9 Å². The van der Waals surface area contributed by atoms with Crippen LogP contribution in [0.4, 0.5) is 23.2 Å². The van der Waals surface area contributed by atoms with Crippen LogP contribution in [-0.2, 0) is 11.2 Å². The minimum Gasteiger partial charge on any atom is -0.399 e. The van der Waals surface area contributed by atoms with Crippen LogP contribution in [0.1, 0.15) is 12.5 Å². The lowest BCUT2D eigenvalue weighted by Gasteiger charge is -2.04. The van der Waals surface area contributed by atoms with E-state index >= 15 is 0 Å². The second-order valence-electron chi connectivity index (χ2n) is 5.70. The number of ketones is 1. The molecular formula is C17H13F4NO5. The first-order valence-electron chi connectivity index (χ1n) is 7.56. The van der Waals surface area contributed by atoms with Gasteiger partial charge in [0.25, 0.3) is 0 Å². The van der Waals surface area contributed by atoms with Gasteiger partial charge >= 0.3 is 12.6 Å². The predicted molar refractivity (Wildman–Crippen MR) is 84.1 cm³/mol. The number of rotatable bonds is 2. The van der Waals surface area contributed by atoms with Gasteiger partial charge in [0.15, 0.2) is 23.0 Å². The van der Waals surface area contributed by atoms with Crippen LogP contribution in [0.5, 0.6) is 23.0 Å². The maximum atomic E-state index is 12.6. The molecule has 10 heteroatoms. The molecule has 0 spiro atoms. The van der Waals surface area contributed by atoms with Gasteiger partial charge in [0, 0.05) is 18.2 Å². The number of carbonyl (C=O) groups excluding carboxylic acids is 1. The van der Waals surface area contributed by atoms with Gasteiger partial charge in [-0.25, -0.2) is 0 Å². The molecule has 2 aliphatic heterocycles. The third-order valence-electron chi connectivity index (χ3n) is 3.34. The lowest BCUT2D eigenvalue weighted by Crippen LogP contribution is -2.25. The number of hydrogen-bond donors (Lipinski definition) is 1. The molecule has 2 aromatic carbocycles. The van der Waals surface area contributed by atoms with Crippen LogP contribution in [0, 0.1) is 0 Å². The topological polar surface area (TPSA) is 80.0 Å². The zero-order valence-electron chi connectivity index (χ0n) is 13.8. The zero-order chi connectivity index (χ0) is 19.8. The smallest absolute Gasteiger partial charge is 0.399 e. The number of benzene rings is 2. The Hall–Kier alpha value is -3.17. The summed E-state index contributed by atoms with van der Waals surface area (Å²) in [6, 6.07) is 8.41. The van der Waals surface area contributed by atoms with Gasteiger partial charge in [-0.15, -0.1) is 17.6 Å². The van der Waals surface area contributed by atoms with Crippen LogP contribution < -0.4 is 24.7 Å². The average Bonchev–Trinajstić information content (AvgIpc) is 2.99. The van der Waals surface area contributed by atoms with Crippen LogP contribution >= 0.6 is 0 Å². The fourth-order valence-corrected chi connectivity index (χ4v) is 2.36. The maximum Gasteiger partial charge on any atom is 0.586 e. The Kier molecular flexibility index (Phi) is 4.50. The molecule has 0 fully saturated rings. The second-order valence-corrected chi connectivity index (χ2v) is 5.70. The molecule has 0 amide bonds. The molecule has 2 aliphatic rings. The Bertz CT molecular complexity index is 888. The molecule has 0 saturated carbocycles. The normalized spacial score (nSPS) is 17.1. The molecule has 0 atom stereocenters. The van der Waals surface area contributed by atoms with E-state index in [4.69, 9.17) is 5.73 Å². The highest BCUT2D eigenvalue weighted by Gasteiger charge is 2.44. The van der Waals surface area contributed by atoms with E-state index in [0.717, 1.165) is 0 Å². The number of alkyl halides is 4. The van der Waals surface area contributed by atoms with Crippen molar-refractivity contribution in [3.05, 3.63) is 42.0 Å². The Labute approximate surface area is 150 Å². The summed E-state index contributed by atoms with van der Waals surface area (Å²) in [6.45, 7) is 1.43. The molecule has 2 aromatic rings. The summed E-state index contributed by atoms with van der Waals surface area (Å²) in [5, 5.41) is 0. The Morgan fingerprint density at radius 3 is 1.89 bits per heavy atom. The number of carbonyl (C=O) groups is 1. The summed E-state index contributed by atoms with van der Waals surface area (Å²) >= 11 is 0. The standard InChI is InChI=1S/C10H8F2O3.C7H5F2NO2/c1-6(13)4-7-2-3-8-9(5-7)15-10(11,12)14-8;8-7(9)11-5-2-1-4(10)3-6(5)12-7/h2-3,5H,4H2,1H3;1-3H,10H2. The Balaban J connectivity index is 0.000000159. The van der Waals surface area contributed by atoms with Crippen LogP contribution in [0.2, 0.25) is 0 Å². The van der Waals surface area contributed by atoms with Gasteiger partial charge in [-0.1, -0.05) is 6.07 Å². The van der Waals surface area contributed by atoms with Crippen LogP contribution in [0.25, 0.3) is 0 Å². The molecule has 0 aliphatic carbocycles. The minimum absolute atomic E-state index is 0.00713. The largest absolute Gasteiger partial charge is 0.586 e. The van der Waals surface area contributed by atoms with Crippen LogP contribution in [0.3, 0.4) is 0 Å². The van der Waals surface area contributed by atoms with E-state index in [0.29, 0.717) is 11.3 Å². The fourth-order valence-electron chi connectivity index (χ4n) is 2.36. The summed E-state index contributed by atoms with van der Waals surface area (Å²) in [4.78, 5) is 10.8. The number of fused-ring (bicyclic) bond motifs is 2. The van der Waals surface area contributed by atoms with Gasteiger partial charge in [0.2, 0.25) is 0 Å². The average molecular weight is 387 g/mol. The van der Waals surface area contributed by atoms with Crippen molar-refractivity contribution in [1.82, 2.24) is 0 Å². The molecule has 0 radical (unpaired) electrons. The number of anilines is 1. The highest BCUT2D eigenvalue weighted by molar-refractivity contribution is 5.78. The Morgan fingerprint density at radius 2 is 1.33 bits per heavy atom. The van der Waals surface area contributed by atoms with Crippen molar-refractivity contribution in [2.75, 3.05) is 5.73 Å². The van der Waals surface area contributed by atoms with Gasteiger partial charge in [-0.2, -0.15) is 0 Å². The van der Waals surface area contributed by atoms with E-state index < -0.39 is 12.6 Å². The minimum atomic E-state index is -3.60.